The van der Waals surface area contributed by atoms with Gasteiger partial charge in [-0.05, 0) is 31.9 Å². The summed E-state index contributed by atoms with van der Waals surface area (Å²) in [5.74, 6) is 0.0224. The molecule has 0 aliphatic heterocycles. The molecule has 0 radical (unpaired) electrons. The standard InChI is InChI=1S/C14H14N2O/c1-9-8-12(14(17)16-10-6-7-10)11-4-2-3-5-13(11)15-9/h2-5,8,10H,6-7H2,1H3,(H,16,17). The second-order valence-electron chi connectivity index (χ2n) is 4.58. The van der Waals surface area contributed by atoms with Gasteiger partial charge in [0.1, 0.15) is 0 Å². The van der Waals surface area contributed by atoms with E-state index in [2.05, 4.69) is 10.3 Å². The van der Waals surface area contributed by atoms with E-state index in [1.54, 1.807) is 0 Å². The molecular formula is C14H14N2O. The van der Waals surface area contributed by atoms with Gasteiger partial charge < -0.3 is 5.32 Å². The first-order valence-electron chi connectivity index (χ1n) is 5.91. The van der Waals surface area contributed by atoms with Crippen molar-refractivity contribution in [1.29, 1.82) is 0 Å². The minimum Gasteiger partial charge on any atom is -0.349 e. The van der Waals surface area contributed by atoms with Gasteiger partial charge in [0.15, 0.2) is 0 Å². The van der Waals surface area contributed by atoms with Crippen LogP contribution < -0.4 is 5.32 Å². The summed E-state index contributed by atoms with van der Waals surface area (Å²) < 4.78 is 0. The van der Waals surface area contributed by atoms with Gasteiger partial charge in [0, 0.05) is 17.1 Å². The van der Waals surface area contributed by atoms with Crippen molar-refractivity contribution in [2.24, 2.45) is 0 Å². The zero-order valence-electron chi connectivity index (χ0n) is 9.73. The molecule has 2 aromatic rings. The lowest BCUT2D eigenvalue weighted by atomic mass is 10.1. The van der Waals surface area contributed by atoms with E-state index in [4.69, 9.17) is 0 Å². The summed E-state index contributed by atoms with van der Waals surface area (Å²) in [5.41, 5.74) is 2.50. The van der Waals surface area contributed by atoms with Crippen LogP contribution in [0.1, 0.15) is 28.9 Å². The molecule has 3 rings (SSSR count). The lowest BCUT2D eigenvalue weighted by molar-refractivity contribution is 0.0952. The minimum absolute atomic E-state index is 0.0224. The predicted molar refractivity (Wildman–Crippen MR) is 67.0 cm³/mol. The third-order valence-corrected chi connectivity index (χ3v) is 3.00. The van der Waals surface area contributed by atoms with E-state index < -0.39 is 0 Å². The van der Waals surface area contributed by atoms with Gasteiger partial charge in [-0.2, -0.15) is 0 Å². The van der Waals surface area contributed by atoms with E-state index in [-0.39, 0.29) is 5.91 Å². The van der Waals surface area contributed by atoms with E-state index in [9.17, 15) is 4.79 Å². The Morgan fingerprint density at radius 2 is 2.12 bits per heavy atom. The highest BCUT2D eigenvalue weighted by Crippen LogP contribution is 2.22. The van der Waals surface area contributed by atoms with Gasteiger partial charge in [0.25, 0.3) is 5.91 Å². The molecule has 3 nitrogen and oxygen atoms in total. The van der Waals surface area contributed by atoms with Crippen LogP contribution in [0.4, 0.5) is 0 Å². The third kappa shape index (κ3) is 2.00. The van der Waals surface area contributed by atoms with Gasteiger partial charge in [-0.3, -0.25) is 9.78 Å². The third-order valence-electron chi connectivity index (χ3n) is 3.00. The molecule has 17 heavy (non-hydrogen) atoms. The monoisotopic (exact) mass is 226 g/mol. The first-order valence-corrected chi connectivity index (χ1v) is 5.91. The summed E-state index contributed by atoms with van der Waals surface area (Å²) in [6.45, 7) is 1.92. The van der Waals surface area contributed by atoms with Crippen molar-refractivity contribution in [2.45, 2.75) is 25.8 Å². The first-order chi connectivity index (χ1) is 8.24. The van der Waals surface area contributed by atoms with Crippen LogP contribution in [-0.2, 0) is 0 Å². The maximum absolute atomic E-state index is 12.1. The van der Waals surface area contributed by atoms with Crippen LogP contribution in [0, 0.1) is 6.92 Å². The first kappa shape index (κ1) is 10.3. The molecule has 1 aromatic carbocycles. The zero-order chi connectivity index (χ0) is 11.8. The lowest BCUT2D eigenvalue weighted by Crippen LogP contribution is -2.25. The van der Waals surface area contributed by atoms with Gasteiger partial charge in [-0.15, -0.1) is 0 Å². The number of aromatic nitrogens is 1. The summed E-state index contributed by atoms with van der Waals surface area (Å²) in [5, 5.41) is 3.95. The number of carbonyl (C=O) groups is 1. The number of hydrogen-bond acceptors (Lipinski definition) is 2. The quantitative estimate of drug-likeness (QED) is 0.854. The highest BCUT2D eigenvalue weighted by molar-refractivity contribution is 6.06. The summed E-state index contributed by atoms with van der Waals surface area (Å²) in [6.07, 6.45) is 2.21. The highest BCUT2D eigenvalue weighted by atomic mass is 16.1. The van der Waals surface area contributed by atoms with Crippen molar-refractivity contribution in [2.75, 3.05) is 0 Å². The lowest BCUT2D eigenvalue weighted by Gasteiger charge is -2.08. The van der Waals surface area contributed by atoms with Crippen LogP contribution in [0.2, 0.25) is 0 Å². The van der Waals surface area contributed by atoms with E-state index in [0.29, 0.717) is 6.04 Å². The Kier molecular flexibility index (Phi) is 2.32. The molecule has 0 unspecified atom stereocenters. The molecular weight excluding hydrogens is 212 g/mol. The minimum atomic E-state index is 0.0224. The second kappa shape index (κ2) is 3.84. The second-order valence-corrected chi connectivity index (χ2v) is 4.58. The number of fused-ring (bicyclic) bond motifs is 1. The number of nitrogens with one attached hydrogen (secondary N) is 1. The van der Waals surface area contributed by atoms with Crippen molar-refractivity contribution < 1.29 is 4.79 Å². The number of amides is 1. The molecule has 0 saturated heterocycles. The largest absolute Gasteiger partial charge is 0.349 e. The Morgan fingerprint density at radius 1 is 1.35 bits per heavy atom. The smallest absolute Gasteiger partial charge is 0.252 e. The average Bonchev–Trinajstić information content (AvgIpc) is 3.11. The van der Waals surface area contributed by atoms with Crippen LogP contribution >= 0.6 is 0 Å². The Morgan fingerprint density at radius 3 is 2.88 bits per heavy atom. The molecule has 1 amide bonds. The van der Waals surface area contributed by atoms with Crippen molar-refractivity contribution >= 4 is 16.8 Å². The van der Waals surface area contributed by atoms with Crippen molar-refractivity contribution in [1.82, 2.24) is 10.3 Å². The molecule has 3 heteroatoms. The number of para-hydroxylation sites is 1. The number of carbonyl (C=O) groups excluding carboxylic acids is 1. The molecule has 1 aliphatic carbocycles. The summed E-state index contributed by atoms with van der Waals surface area (Å²) in [7, 11) is 0. The van der Waals surface area contributed by atoms with Crippen LogP contribution in [0.5, 0.6) is 0 Å². The van der Waals surface area contributed by atoms with Crippen molar-refractivity contribution in [3.63, 3.8) is 0 Å². The summed E-state index contributed by atoms with van der Waals surface area (Å²) in [4.78, 5) is 16.6. The molecule has 86 valence electrons. The molecule has 1 aliphatic rings. The Labute approximate surface area is 99.9 Å². The Bertz CT molecular complexity index is 588. The van der Waals surface area contributed by atoms with Crippen molar-refractivity contribution in [3.05, 3.63) is 41.6 Å². The number of aryl methyl sites for hydroxylation is 1. The molecule has 1 N–H and O–H groups in total. The Balaban J connectivity index is 2.09. The van der Waals surface area contributed by atoms with Gasteiger partial charge in [-0.25, -0.2) is 0 Å². The van der Waals surface area contributed by atoms with E-state index in [0.717, 1.165) is 35.0 Å². The fourth-order valence-corrected chi connectivity index (χ4v) is 1.99. The fourth-order valence-electron chi connectivity index (χ4n) is 1.99. The number of pyridine rings is 1. The normalized spacial score (nSPS) is 14.9. The summed E-state index contributed by atoms with van der Waals surface area (Å²) >= 11 is 0. The SMILES string of the molecule is Cc1cc(C(=O)NC2CC2)c2ccccc2n1. The highest BCUT2D eigenvalue weighted by Gasteiger charge is 2.24. The number of nitrogens with zero attached hydrogens (tertiary/aromatic N) is 1. The average molecular weight is 226 g/mol. The van der Waals surface area contributed by atoms with Crippen LogP contribution in [-0.4, -0.2) is 16.9 Å². The predicted octanol–water partition coefficient (Wildman–Crippen LogP) is 2.44. The maximum atomic E-state index is 12.1. The van der Waals surface area contributed by atoms with Crippen LogP contribution in [0.25, 0.3) is 10.9 Å². The molecule has 0 atom stereocenters. The molecule has 1 saturated carbocycles. The van der Waals surface area contributed by atoms with E-state index in [1.165, 1.54) is 0 Å². The van der Waals surface area contributed by atoms with Gasteiger partial charge >= 0.3 is 0 Å². The van der Waals surface area contributed by atoms with Crippen LogP contribution in [0.15, 0.2) is 30.3 Å². The molecule has 1 heterocycles. The van der Waals surface area contributed by atoms with Crippen LogP contribution in [0.3, 0.4) is 0 Å². The van der Waals surface area contributed by atoms with Crippen molar-refractivity contribution in [3.8, 4) is 0 Å². The summed E-state index contributed by atoms with van der Waals surface area (Å²) in [6, 6.07) is 10.0. The fraction of sp³-hybridized carbons (Fsp3) is 0.286. The molecule has 0 spiro atoms. The molecule has 0 bridgehead atoms. The Hall–Kier alpha value is -1.90. The van der Waals surface area contributed by atoms with Gasteiger partial charge in [0.2, 0.25) is 0 Å². The van der Waals surface area contributed by atoms with Gasteiger partial charge in [0.05, 0.1) is 11.1 Å². The zero-order valence-corrected chi connectivity index (χ0v) is 9.73. The van der Waals surface area contributed by atoms with Gasteiger partial charge in [-0.1, -0.05) is 18.2 Å². The maximum Gasteiger partial charge on any atom is 0.252 e. The van der Waals surface area contributed by atoms with E-state index in [1.807, 2.05) is 37.3 Å². The number of rotatable bonds is 2. The number of benzene rings is 1. The topological polar surface area (TPSA) is 42.0 Å². The van der Waals surface area contributed by atoms with E-state index >= 15 is 0 Å². The number of hydrogen-bond donors (Lipinski definition) is 1. The molecule has 1 fully saturated rings. The molecule has 1 aromatic heterocycles.